The first-order valence-corrected chi connectivity index (χ1v) is 6.80. The van der Waals surface area contributed by atoms with E-state index in [4.69, 9.17) is 10.8 Å². The van der Waals surface area contributed by atoms with Gasteiger partial charge in [0, 0.05) is 11.1 Å². The van der Waals surface area contributed by atoms with E-state index < -0.39 is 17.8 Å². The lowest BCUT2D eigenvalue weighted by molar-refractivity contribution is -0.138. The number of rotatable bonds is 4. The van der Waals surface area contributed by atoms with Crippen LogP contribution in [0.1, 0.15) is 11.7 Å². The molecule has 5 nitrogen and oxygen atoms in total. The predicted molar refractivity (Wildman–Crippen MR) is 74.1 cm³/mol. The van der Waals surface area contributed by atoms with Crippen molar-refractivity contribution in [1.82, 2.24) is 4.98 Å². The lowest BCUT2D eigenvalue weighted by atomic mass is 10.2. The fourth-order valence-corrected chi connectivity index (χ4v) is 2.32. The van der Waals surface area contributed by atoms with Gasteiger partial charge in [0.05, 0.1) is 10.2 Å². The molecule has 1 aromatic carbocycles. The van der Waals surface area contributed by atoms with E-state index in [-0.39, 0.29) is 5.69 Å². The van der Waals surface area contributed by atoms with Gasteiger partial charge in [-0.25, -0.2) is 9.37 Å². The van der Waals surface area contributed by atoms with E-state index in [1.807, 2.05) is 0 Å². The van der Waals surface area contributed by atoms with Gasteiger partial charge in [-0.2, -0.15) is 0 Å². The SMILES string of the molecule is NC(C(=O)O)c1csc(Nc2ccc(Br)c(F)c2)n1. The number of nitrogens with zero attached hydrogens (tertiary/aromatic N) is 1. The first-order chi connectivity index (χ1) is 8.97. The van der Waals surface area contributed by atoms with E-state index in [1.54, 1.807) is 17.5 Å². The third-order valence-corrected chi connectivity index (χ3v) is 3.70. The molecule has 1 aromatic heterocycles. The van der Waals surface area contributed by atoms with Crippen molar-refractivity contribution in [2.45, 2.75) is 6.04 Å². The van der Waals surface area contributed by atoms with Gasteiger partial charge in [-0.05, 0) is 34.1 Å². The molecule has 0 aliphatic heterocycles. The molecule has 1 heterocycles. The summed E-state index contributed by atoms with van der Waals surface area (Å²) in [6, 6.07) is 3.39. The van der Waals surface area contributed by atoms with Gasteiger partial charge in [0.25, 0.3) is 0 Å². The Kier molecular flexibility index (Phi) is 4.13. The summed E-state index contributed by atoms with van der Waals surface area (Å²) in [7, 11) is 0. The van der Waals surface area contributed by atoms with Crippen molar-refractivity contribution in [3.05, 3.63) is 39.6 Å². The molecule has 2 rings (SSSR count). The largest absolute Gasteiger partial charge is 0.480 e. The van der Waals surface area contributed by atoms with Crippen LogP contribution in [0.4, 0.5) is 15.2 Å². The molecule has 1 atom stereocenters. The summed E-state index contributed by atoms with van der Waals surface area (Å²) in [5.41, 5.74) is 6.22. The van der Waals surface area contributed by atoms with Gasteiger partial charge in [-0.3, -0.25) is 4.79 Å². The van der Waals surface area contributed by atoms with Gasteiger partial charge >= 0.3 is 5.97 Å². The number of aliphatic carboxylic acids is 1. The van der Waals surface area contributed by atoms with Crippen LogP contribution in [0.5, 0.6) is 0 Å². The molecule has 8 heteroatoms. The molecule has 0 bridgehead atoms. The summed E-state index contributed by atoms with van der Waals surface area (Å²) >= 11 is 4.26. The Labute approximate surface area is 120 Å². The fraction of sp³-hybridized carbons (Fsp3) is 0.0909. The minimum atomic E-state index is -1.16. The molecule has 4 N–H and O–H groups in total. The third-order valence-electron chi connectivity index (χ3n) is 2.28. The van der Waals surface area contributed by atoms with Crippen molar-refractivity contribution in [3.63, 3.8) is 0 Å². The van der Waals surface area contributed by atoms with Crippen LogP contribution in [0.3, 0.4) is 0 Å². The summed E-state index contributed by atoms with van der Waals surface area (Å²) in [5.74, 6) is -1.55. The molecule has 0 aliphatic carbocycles. The summed E-state index contributed by atoms with van der Waals surface area (Å²) in [4.78, 5) is 14.8. The highest BCUT2D eigenvalue weighted by Crippen LogP contribution is 2.25. The maximum absolute atomic E-state index is 13.3. The minimum Gasteiger partial charge on any atom is -0.480 e. The van der Waals surface area contributed by atoms with Gasteiger partial charge in [0.2, 0.25) is 0 Å². The van der Waals surface area contributed by atoms with Gasteiger partial charge in [0.15, 0.2) is 5.13 Å². The maximum atomic E-state index is 13.3. The van der Waals surface area contributed by atoms with Crippen molar-refractivity contribution < 1.29 is 14.3 Å². The molecule has 1 unspecified atom stereocenters. The number of halogens is 2. The van der Waals surface area contributed by atoms with Crippen LogP contribution in [-0.2, 0) is 4.79 Å². The average molecular weight is 346 g/mol. The maximum Gasteiger partial charge on any atom is 0.326 e. The third kappa shape index (κ3) is 3.28. The van der Waals surface area contributed by atoms with Crippen molar-refractivity contribution in [2.75, 3.05) is 5.32 Å². The minimum absolute atomic E-state index is 0.262. The van der Waals surface area contributed by atoms with Crippen LogP contribution in [0.2, 0.25) is 0 Å². The van der Waals surface area contributed by atoms with E-state index in [0.717, 1.165) is 0 Å². The molecule has 0 aliphatic rings. The smallest absolute Gasteiger partial charge is 0.326 e. The number of carboxylic acids is 1. The number of anilines is 2. The zero-order valence-corrected chi connectivity index (χ0v) is 11.8. The second-order valence-electron chi connectivity index (χ2n) is 3.65. The van der Waals surface area contributed by atoms with E-state index in [0.29, 0.717) is 15.3 Å². The molecule has 0 saturated carbocycles. The molecule has 2 aromatic rings. The Morgan fingerprint density at radius 3 is 2.95 bits per heavy atom. The molecule has 100 valence electrons. The van der Waals surface area contributed by atoms with Crippen LogP contribution in [0.25, 0.3) is 0 Å². The number of hydrogen-bond donors (Lipinski definition) is 3. The molecule has 0 fully saturated rings. The highest BCUT2D eigenvalue weighted by atomic mass is 79.9. The molecule has 0 spiro atoms. The monoisotopic (exact) mass is 345 g/mol. The molecule has 0 radical (unpaired) electrons. The Hall–Kier alpha value is -1.51. The number of benzene rings is 1. The Balaban J connectivity index is 2.15. The Morgan fingerprint density at radius 2 is 2.32 bits per heavy atom. The van der Waals surface area contributed by atoms with Gasteiger partial charge < -0.3 is 16.2 Å². The second-order valence-corrected chi connectivity index (χ2v) is 5.36. The zero-order chi connectivity index (χ0) is 14.0. The topological polar surface area (TPSA) is 88.2 Å². The van der Waals surface area contributed by atoms with Crippen LogP contribution in [0, 0.1) is 5.82 Å². The van der Waals surface area contributed by atoms with Crippen LogP contribution in [0.15, 0.2) is 28.1 Å². The number of aromatic nitrogens is 1. The van der Waals surface area contributed by atoms with Crippen LogP contribution >= 0.6 is 27.3 Å². The van der Waals surface area contributed by atoms with Crippen molar-refractivity contribution >= 4 is 44.1 Å². The first-order valence-electron chi connectivity index (χ1n) is 5.13. The van der Waals surface area contributed by atoms with Crippen LogP contribution < -0.4 is 11.1 Å². The quantitative estimate of drug-likeness (QED) is 0.792. The number of carbonyl (C=O) groups is 1. The lowest BCUT2D eigenvalue weighted by Gasteiger charge is -2.04. The van der Waals surface area contributed by atoms with Gasteiger partial charge in [0.1, 0.15) is 11.9 Å². The second kappa shape index (κ2) is 5.64. The van der Waals surface area contributed by atoms with Gasteiger partial charge in [-0.15, -0.1) is 11.3 Å². The normalized spacial score (nSPS) is 12.2. The predicted octanol–water partition coefficient (Wildman–Crippen LogP) is 2.87. The number of carboxylic acid groups (broad SMARTS) is 1. The number of hydrogen-bond acceptors (Lipinski definition) is 5. The van der Waals surface area contributed by atoms with E-state index in [9.17, 15) is 9.18 Å². The molecule has 19 heavy (non-hydrogen) atoms. The van der Waals surface area contributed by atoms with Gasteiger partial charge in [-0.1, -0.05) is 0 Å². The van der Waals surface area contributed by atoms with E-state index in [2.05, 4.69) is 26.2 Å². The van der Waals surface area contributed by atoms with Crippen LogP contribution in [-0.4, -0.2) is 16.1 Å². The molecular formula is C11H9BrFN3O2S. The molecule has 0 saturated heterocycles. The average Bonchev–Trinajstić information content (AvgIpc) is 2.81. The number of thiazole rings is 1. The Morgan fingerprint density at radius 1 is 1.58 bits per heavy atom. The van der Waals surface area contributed by atoms with Crippen molar-refractivity contribution in [2.24, 2.45) is 5.73 Å². The lowest BCUT2D eigenvalue weighted by Crippen LogP contribution is -2.20. The highest BCUT2D eigenvalue weighted by molar-refractivity contribution is 9.10. The van der Waals surface area contributed by atoms with Crippen molar-refractivity contribution in [3.8, 4) is 0 Å². The standard InChI is InChI=1S/C11H9BrFN3O2S/c12-6-2-1-5(3-7(6)13)15-11-16-8(4-19-11)9(14)10(17)18/h1-4,9H,14H2,(H,15,16)(H,17,18). The molecule has 0 amide bonds. The fourth-order valence-electron chi connectivity index (χ4n) is 1.31. The molecular weight excluding hydrogens is 337 g/mol. The number of nitrogens with two attached hydrogens (primary N) is 1. The number of nitrogens with one attached hydrogen (secondary N) is 1. The first kappa shape index (κ1) is 13.9. The van der Waals surface area contributed by atoms with Crippen molar-refractivity contribution in [1.29, 1.82) is 0 Å². The Bertz CT molecular complexity index is 620. The summed E-state index contributed by atoms with van der Waals surface area (Å²) in [6.45, 7) is 0. The highest BCUT2D eigenvalue weighted by Gasteiger charge is 2.17. The zero-order valence-electron chi connectivity index (χ0n) is 9.43. The van der Waals surface area contributed by atoms with E-state index in [1.165, 1.54) is 17.4 Å². The summed E-state index contributed by atoms with van der Waals surface area (Å²) in [5, 5.41) is 13.7. The summed E-state index contributed by atoms with van der Waals surface area (Å²) in [6.07, 6.45) is 0. The van der Waals surface area contributed by atoms with E-state index >= 15 is 0 Å². The summed E-state index contributed by atoms with van der Waals surface area (Å²) < 4.78 is 13.7.